The van der Waals surface area contributed by atoms with Crippen LogP contribution < -0.4 is 16.0 Å². The molecule has 0 spiro atoms. The number of pyridine rings is 1. The predicted molar refractivity (Wildman–Crippen MR) is 112 cm³/mol. The van der Waals surface area contributed by atoms with Gasteiger partial charge in [-0.3, -0.25) is 9.59 Å². The van der Waals surface area contributed by atoms with E-state index >= 15 is 0 Å². The maximum absolute atomic E-state index is 12.3. The van der Waals surface area contributed by atoms with Crippen LogP contribution in [0.25, 0.3) is 22.6 Å². The van der Waals surface area contributed by atoms with E-state index in [1.807, 2.05) is 25.1 Å². The highest BCUT2D eigenvalue weighted by molar-refractivity contribution is 5.80. The highest BCUT2D eigenvalue weighted by Gasteiger charge is 2.25. The Kier molecular flexibility index (Phi) is 6.14. The van der Waals surface area contributed by atoms with E-state index in [1.54, 1.807) is 13.8 Å². The number of H-pyrrole nitrogens is 1. The normalized spacial score (nSPS) is 11.5. The highest BCUT2D eigenvalue weighted by atomic mass is 19.3. The first-order valence-corrected chi connectivity index (χ1v) is 9.47. The van der Waals surface area contributed by atoms with Gasteiger partial charge in [-0.25, -0.2) is 9.97 Å². The van der Waals surface area contributed by atoms with Crippen molar-refractivity contribution < 1.29 is 18.3 Å². The molecule has 0 aliphatic rings. The van der Waals surface area contributed by atoms with Gasteiger partial charge in [-0.15, -0.1) is 0 Å². The number of hydrogen-bond donors (Lipinski definition) is 2. The summed E-state index contributed by atoms with van der Waals surface area (Å²) in [5.74, 6) is -0.300. The maximum atomic E-state index is 12.3. The number of aryl methyl sites for hydroxylation is 1. The molecule has 1 aromatic carbocycles. The van der Waals surface area contributed by atoms with Crippen LogP contribution in [0.1, 0.15) is 25.0 Å². The number of alkyl halides is 2. The fourth-order valence-electron chi connectivity index (χ4n) is 3.06. The summed E-state index contributed by atoms with van der Waals surface area (Å²) < 4.78 is 28.9. The molecule has 0 fully saturated rings. The van der Waals surface area contributed by atoms with E-state index in [-0.39, 0.29) is 11.4 Å². The van der Waals surface area contributed by atoms with Gasteiger partial charge < -0.3 is 15.5 Å². The Hall–Kier alpha value is -3.62. The van der Waals surface area contributed by atoms with Gasteiger partial charge in [0.15, 0.2) is 0 Å². The average Bonchev–Trinajstić information content (AvgIpc) is 2.69. The molecule has 3 rings (SSSR count). The largest absolute Gasteiger partial charge is 0.417 e. The van der Waals surface area contributed by atoms with Crippen molar-refractivity contribution in [3.63, 3.8) is 0 Å². The van der Waals surface area contributed by atoms with Gasteiger partial charge in [0.2, 0.25) is 11.8 Å². The summed E-state index contributed by atoms with van der Waals surface area (Å²) in [6.45, 7) is 2.44. The van der Waals surface area contributed by atoms with Crippen molar-refractivity contribution in [2.75, 3.05) is 0 Å². The lowest BCUT2D eigenvalue weighted by molar-refractivity contribution is -0.125. The molecule has 7 nitrogen and oxygen atoms in total. The van der Waals surface area contributed by atoms with Crippen LogP contribution in [0.4, 0.5) is 8.78 Å². The number of benzene rings is 1. The Labute approximate surface area is 177 Å². The predicted octanol–water partition coefficient (Wildman–Crippen LogP) is 3.46. The number of nitrogens with one attached hydrogen (secondary N) is 1. The molecule has 31 heavy (non-hydrogen) atoms. The van der Waals surface area contributed by atoms with Crippen LogP contribution in [0, 0.1) is 12.3 Å². The number of primary amides is 1. The Bertz CT molecular complexity index is 1160. The van der Waals surface area contributed by atoms with Gasteiger partial charge in [-0.2, -0.15) is 8.78 Å². The van der Waals surface area contributed by atoms with Gasteiger partial charge >= 0.3 is 6.61 Å². The zero-order chi connectivity index (χ0) is 22.8. The van der Waals surface area contributed by atoms with Crippen LogP contribution in [-0.2, 0) is 11.2 Å². The molecule has 2 aromatic heterocycles. The maximum Gasteiger partial charge on any atom is 0.388 e. The van der Waals surface area contributed by atoms with Crippen LogP contribution in [0.5, 0.6) is 5.88 Å². The van der Waals surface area contributed by atoms with Crippen molar-refractivity contribution in [3.05, 3.63) is 64.1 Å². The van der Waals surface area contributed by atoms with Crippen molar-refractivity contribution in [1.29, 1.82) is 0 Å². The molecule has 3 aromatic rings. The van der Waals surface area contributed by atoms with Crippen LogP contribution in [0.2, 0.25) is 0 Å². The van der Waals surface area contributed by atoms with Crippen LogP contribution in [0.15, 0.2) is 47.4 Å². The fourth-order valence-corrected chi connectivity index (χ4v) is 3.06. The quantitative estimate of drug-likeness (QED) is 0.599. The molecule has 0 saturated heterocycles. The summed E-state index contributed by atoms with van der Waals surface area (Å²) in [5.41, 5.74) is 7.61. The molecule has 162 valence electrons. The van der Waals surface area contributed by atoms with Crippen molar-refractivity contribution >= 4 is 5.91 Å². The van der Waals surface area contributed by atoms with Crippen molar-refractivity contribution in [2.24, 2.45) is 11.1 Å². The van der Waals surface area contributed by atoms with Gasteiger partial charge in [0.25, 0.3) is 5.56 Å². The minimum absolute atomic E-state index is 0.232. The zero-order valence-electron chi connectivity index (χ0n) is 17.3. The Balaban J connectivity index is 1.99. The standard InChI is InChI=1S/C22H22F2N4O3/c1-12-4-5-13(10-22(2,3)20(25)30)8-15(12)19-27-16(9-17(29)28-19)14-6-7-18(26-11-14)31-21(23)24/h4-9,11,21H,10H2,1-3H3,(H2,25,30)(H,27,28,29). The number of carbonyl (C=O) groups is 1. The van der Waals surface area contributed by atoms with E-state index in [0.29, 0.717) is 29.1 Å². The Morgan fingerprint density at radius 1 is 1.23 bits per heavy atom. The van der Waals surface area contributed by atoms with Gasteiger partial charge in [0.1, 0.15) is 5.82 Å². The van der Waals surface area contributed by atoms with E-state index < -0.39 is 17.9 Å². The van der Waals surface area contributed by atoms with Gasteiger partial charge in [-0.05, 0) is 36.6 Å². The summed E-state index contributed by atoms with van der Waals surface area (Å²) in [4.78, 5) is 35.0. The van der Waals surface area contributed by atoms with E-state index in [9.17, 15) is 18.4 Å². The number of halogens is 2. The topological polar surface area (TPSA) is 111 Å². The number of hydrogen-bond acceptors (Lipinski definition) is 5. The van der Waals surface area contributed by atoms with Crippen LogP contribution >= 0.6 is 0 Å². The summed E-state index contributed by atoms with van der Waals surface area (Å²) in [5, 5.41) is 0. The second kappa shape index (κ2) is 8.63. The molecule has 1 amide bonds. The molecule has 0 saturated carbocycles. The van der Waals surface area contributed by atoms with E-state index in [2.05, 4.69) is 19.7 Å². The third-order valence-corrected chi connectivity index (χ3v) is 4.85. The van der Waals surface area contributed by atoms with Crippen molar-refractivity contribution in [3.8, 4) is 28.5 Å². The van der Waals surface area contributed by atoms with Crippen molar-refractivity contribution in [1.82, 2.24) is 15.0 Å². The van der Waals surface area contributed by atoms with Gasteiger partial charge in [0.05, 0.1) is 5.69 Å². The molecular weight excluding hydrogens is 406 g/mol. The average molecular weight is 428 g/mol. The SMILES string of the molecule is Cc1ccc(CC(C)(C)C(N)=O)cc1-c1nc(-c2ccc(OC(F)F)nc2)cc(=O)[nH]1. The summed E-state index contributed by atoms with van der Waals surface area (Å²) >= 11 is 0. The molecule has 0 unspecified atom stereocenters. The summed E-state index contributed by atoms with van der Waals surface area (Å²) in [7, 11) is 0. The third kappa shape index (κ3) is 5.30. The molecule has 0 atom stereocenters. The van der Waals surface area contributed by atoms with Gasteiger partial charge in [0, 0.05) is 34.9 Å². The molecule has 0 radical (unpaired) electrons. The third-order valence-electron chi connectivity index (χ3n) is 4.85. The van der Waals surface area contributed by atoms with Crippen molar-refractivity contribution in [2.45, 2.75) is 33.8 Å². The number of carbonyl (C=O) groups excluding carboxylic acids is 1. The molecule has 0 aliphatic carbocycles. The molecule has 0 aliphatic heterocycles. The molecular formula is C22H22F2N4O3. The minimum atomic E-state index is -2.97. The second-order valence-electron chi connectivity index (χ2n) is 7.82. The summed E-state index contributed by atoms with van der Waals surface area (Å²) in [6, 6.07) is 9.71. The molecule has 9 heteroatoms. The number of aromatic amines is 1. The van der Waals surface area contributed by atoms with E-state index in [4.69, 9.17) is 5.73 Å². The Morgan fingerprint density at radius 3 is 2.58 bits per heavy atom. The number of ether oxygens (including phenoxy) is 1. The van der Waals surface area contributed by atoms with Gasteiger partial charge in [-0.1, -0.05) is 26.0 Å². The number of nitrogens with zero attached hydrogens (tertiary/aromatic N) is 2. The molecule has 3 N–H and O–H groups in total. The lowest BCUT2D eigenvalue weighted by Gasteiger charge is -2.21. The Morgan fingerprint density at radius 2 is 1.97 bits per heavy atom. The smallest absolute Gasteiger partial charge is 0.388 e. The second-order valence-corrected chi connectivity index (χ2v) is 7.82. The summed E-state index contributed by atoms with van der Waals surface area (Å²) in [6.07, 6.45) is 1.73. The number of rotatable bonds is 7. The first-order valence-electron chi connectivity index (χ1n) is 9.47. The molecule has 2 heterocycles. The number of nitrogens with two attached hydrogens (primary N) is 1. The minimum Gasteiger partial charge on any atom is -0.417 e. The first-order chi connectivity index (χ1) is 14.5. The van der Waals surface area contributed by atoms with E-state index in [1.165, 1.54) is 24.4 Å². The van der Waals surface area contributed by atoms with E-state index in [0.717, 1.165) is 11.1 Å². The lowest BCUT2D eigenvalue weighted by atomic mass is 9.84. The van der Waals surface area contributed by atoms with Crippen LogP contribution in [-0.4, -0.2) is 27.5 Å². The highest BCUT2D eigenvalue weighted by Crippen LogP contribution is 2.27. The van der Waals surface area contributed by atoms with Crippen LogP contribution in [0.3, 0.4) is 0 Å². The first kappa shape index (κ1) is 22.1. The number of aromatic nitrogens is 3. The zero-order valence-corrected chi connectivity index (χ0v) is 17.3. The fraction of sp³-hybridized carbons (Fsp3) is 0.273. The monoisotopic (exact) mass is 428 g/mol. The molecule has 0 bridgehead atoms. The number of amides is 1. The lowest BCUT2D eigenvalue weighted by Crippen LogP contribution is -2.33.